The second kappa shape index (κ2) is 8.63. The smallest absolute Gasteiger partial charge is 0.224 e. The highest BCUT2D eigenvalue weighted by Crippen LogP contribution is 2.33. The lowest BCUT2D eigenvalue weighted by atomic mass is 10.1. The van der Waals surface area contributed by atoms with Crippen molar-refractivity contribution in [1.82, 2.24) is 9.80 Å². The minimum Gasteiger partial charge on any atom is -0.341 e. The molecule has 1 saturated carbocycles. The highest BCUT2D eigenvalue weighted by atomic mass is 16.2. The van der Waals surface area contributed by atoms with E-state index in [2.05, 4.69) is 32.6 Å². The molecule has 0 aromatic rings. The van der Waals surface area contributed by atoms with Crippen LogP contribution in [0.25, 0.3) is 0 Å². The summed E-state index contributed by atoms with van der Waals surface area (Å²) in [7, 11) is 0. The third-order valence-electron chi connectivity index (χ3n) is 4.16. The van der Waals surface area contributed by atoms with Gasteiger partial charge in [-0.05, 0) is 37.8 Å². The van der Waals surface area contributed by atoms with Crippen LogP contribution in [0, 0.1) is 11.8 Å². The first-order chi connectivity index (χ1) is 9.47. The van der Waals surface area contributed by atoms with Crippen molar-refractivity contribution < 1.29 is 4.79 Å². The van der Waals surface area contributed by atoms with Gasteiger partial charge < -0.3 is 15.5 Å². The van der Waals surface area contributed by atoms with E-state index < -0.39 is 0 Å². The van der Waals surface area contributed by atoms with Gasteiger partial charge in [0.25, 0.3) is 0 Å². The van der Waals surface area contributed by atoms with Crippen LogP contribution in [0.5, 0.6) is 0 Å². The monoisotopic (exact) mass is 283 g/mol. The van der Waals surface area contributed by atoms with Crippen LogP contribution in [-0.4, -0.2) is 54.5 Å². The van der Waals surface area contributed by atoms with Crippen LogP contribution in [-0.2, 0) is 4.79 Å². The van der Waals surface area contributed by atoms with E-state index in [1.54, 1.807) is 0 Å². The number of nitrogens with zero attached hydrogens (tertiary/aromatic N) is 2. The molecule has 0 heterocycles. The second-order valence-corrected chi connectivity index (χ2v) is 6.47. The molecule has 1 unspecified atom stereocenters. The van der Waals surface area contributed by atoms with E-state index in [9.17, 15) is 4.79 Å². The van der Waals surface area contributed by atoms with E-state index in [0.29, 0.717) is 18.3 Å². The molecule has 20 heavy (non-hydrogen) atoms. The Bertz CT molecular complexity index is 285. The molecular weight excluding hydrogens is 250 g/mol. The predicted octanol–water partition coefficient (Wildman–Crippen LogP) is 1.94. The fourth-order valence-corrected chi connectivity index (χ4v) is 2.58. The Balaban J connectivity index is 2.46. The molecule has 0 radical (unpaired) electrons. The lowest BCUT2D eigenvalue weighted by Gasteiger charge is -2.28. The number of rotatable bonds is 10. The van der Waals surface area contributed by atoms with Crippen LogP contribution in [0.3, 0.4) is 0 Å². The second-order valence-electron chi connectivity index (χ2n) is 6.47. The third-order valence-corrected chi connectivity index (χ3v) is 4.16. The fourth-order valence-electron chi connectivity index (χ4n) is 2.58. The molecule has 4 heteroatoms. The molecule has 0 bridgehead atoms. The molecule has 1 rings (SSSR count). The first-order valence-electron chi connectivity index (χ1n) is 8.23. The molecule has 118 valence electrons. The average Bonchev–Trinajstić information content (AvgIpc) is 3.22. The predicted molar refractivity (Wildman–Crippen MR) is 84.5 cm³/mol. The van der Waals surface area contributed by atoms with E-state index in [4.69, 9.17) is 5.73 Å². The summed E-state index contributed by atoms with van der Waals surface area (Å²) in [6, 6.07) is 0.0746. The Morgan fingerprint density at radius 1 is 1.20 bits per heavy atom. The molecule has 0 aromatic carbocycles. The summed E-state index contributed by atoms with van der Waals surface area (Å²) in [6.45, 7) is 13.4. The minimum atomic E-state index is 0.0746. The lowest BCUT2D eigenvalue weighted by molar-refractivity contribution is -0.132. The van der Waals surface area contributed by atoms with Gasteiger partial charge in [0, 0.05) is 32.1 Å². The van der Waals surface area contributed by atoms with Gasteiger partial charge in [-0.25, -0.2) is 0 Å². The van der Waals surface area contributed by atoms with Gasteiger partial charge in [0.05, 0.1) is 0 Å². The maximum atomic E-state index is 12.4. The van der Waals surface area contributed by atoms with E-state index >= 15 is 0 Å². The molecule has 1 fully saturated rings. The Hall–Kier alpha value is -0.610. The highest BCUT2D eigenvalue weighted by molar-refractivity contribution is 5.77. The summed E-state index contributed by atoms with van der Waals surface area (Å²) < 4.78 is 0. The highest BCUT2D eigenvalue weighted by Gasteiger charge is 2.31. The lowest BCUT2D eigenvalue weighted by Crippen LogP contribution is -2.42. The molecule has 1 aliphatic rings. The number of hydrogen-bond acceptors (Lipinski definition) is 3. The van der Waals surface area contributed by atoms with Gasteiger partial charge in [-0.3, -0.25) is 4.79 Å². The van der Waals surface area contributed by atoms with Crippen LogP contribution >= 0.6 is 0 Å². The molecule has 0 saturated heterocycles. The van der Waals surface area contributed by atoms with Gasteiger partial charge in [-0.15, -0.1) is 0 Å². The van der Waals surface area contributed by atoms with Crippen molar-refractivity contribution in [3.63, 3.8) is 0 Å². The van der Waals surface area contributed by atoms with Gasteiger partial charge in [0.2, 0.25) is 5.91 Å². The molecule has 2 N–H and O–H groups in total. The van der Waals surface area contributed by atoms with Crippen LogP contribution < -0.4 is 5.73 Å². The quantitative estimate of drug-likeness (QED) is 0.666. The first-order valence-corrected chi connectivity index (χ1v) is 8.23. The zero-order chi connectivity index (χ0) is 15.1. The van der Waals surface area contributed by atoms with Crippen molar-refractivity contribution in [2.45, 2.75) is 53.0 Å². The number of amides is 1. The Kier molecular flexibility index (Phi) is 7.52. The number of likely N-dealkylation sites (N-methyl/N-ethyl adjacent to an activating group) is 1. The standard InChI is InChI=1S/C16H33N3O/c1-5-18(6-2)9-10-19(12-13(3)4)16(20)11-15(17)14-7-8-14/h13-15H,5-12,17H2,1-4H3. The molecular formula is C16H33N3O. The molecule has 1 amide bonds. The van der Waals surface area contributed by atoms with Gasteiger partial charge >= 0.3 is 0 Å². The van der Waals surface area contributed by atoms with E-state index in [1.807, 2.05) is 4.90 Å². The third kappa shape index (κ3) is 6.23. The largest absolute Gasteiger partial charge is 0.341 e. The van der Waals surface area contributed by atoms with Crippen molar-refractivity contribution in [1.29, 1.82) is 0 Å². The maximum absolute atomic E-state index is 12.4. The van der Waals surface area contributed by atoms with Gasteiger partial charge in [-0.2, -0.15) is 0 Å². The summed E-state index contributed by atoms with van der Waals surface area (Å²) in [6.07, 6.45) is 2.94. The van der Waals surface area contributed by atoms with E-state index in [-0.39, 0.29) is 11.9 Å². The summed E-state index contributed by atoms with van der Waals surface area (Å²) in [4.78, 5) is 16.8. The Morgan fingerprint density at radius 3 is 2.25 bits per heavy atom. The Labute approximate surface area is 124 Å². The van der Waals surface area contributed by atoms with Crippen LogP contribution in [0.4, 0.5) is 0 Å². The number of carbonyl (C=O) groups excluding carboxylic acids is 1. The first kappa shape index (κ1) is 17.4. The summed E-state index contributed by atoms with van der Waals surface area (Å²) in [5.41, 5.74) is 6.10. The molecule has 0 aromatic heterocycles. The number of carbonyl (C=O) groups is 1. The number of nitrogens with two attached hydrogens (primary N) is 1. The van der Waals surface area contributed by atoms with Gasteiger partial charge in [-0.1, -0.05) is 27.7 Å². The number of hydrogen-bond donors (Lipinski definition) is 1. The molecule has 1 aliphatic carbocycles. The normalized spacial score (nSPS) is 16.8. The van der Waals surface area contributed by atoms with Crippen LogP contribution in [0.15, 0.2) is 0 Å². The van der Waals surface area contributed by atoms with Crippen molar-refractivity contribution in [2.24, 2.45) is 17.6 Å². The molecule has 1 atom stereocenters. The topological polar surface area (TPSA) is 49.6 Å². The van der Waals surface area contributed by atoms with Crippen LogP contribution in [0.2, 0.25) is 0 Å². The molecule has 4 nitrogen and oxygen atoms in total. The van der Waals surface area contributed by atoms with Crippen molar-refractivity contribution in [3.8, 4) is 0 Å². The molecule has 0 spiro atoms. The minimum absolute atomic E-state index is 0.0746. The van der Waals surface area contributed by atoms with Crippen molar-refractivity contribution in [2.75, 3.05) is 32.7 Å². The maximum Gasteiger partial charge on any atom is 0.224 e. The fraction of sp³-hybridized carbons (Fsp3) is 0.938. The van der Waals surface area contributed by atoms with Crippen molar-refractivity contribution >= 4 is 5.91 Å². The SMILES string of the molecule is CCN(CC)CCN(CC(C)C)C(=O)CC(N)C1CC1. The van der Waals surface area contributed by atoms with E-state index in [0.717, 1.165) is 32.7 Å². The van der Waals surface area contributed by atoms with Gasteiger partial charge in [0.1, 0.15) is 0 Å². The van der Waals surface area contributed by atoms with E-state index in [1.165, 1.54) is 12.8 Å². The van der Waals surface area contributed by atoms with Crippen LogP contribution in [0.1, 0.15) is 47.0 Å². The zero-order valence-electron chi connectivity index (χ0n) is 13.8. The summed E-state index contributed by atoms with van der Waals surface area (Å²) in [5, 5.41) is 0. The zero-order valence-corrected chi connectivity index (χ0v) is 13.8. The average molecular weight is 283 g/mol. The summed E-state index contributed by atoms with van der Waals surface area (Å²) in [5.74, 6) is 1.35. The van der Waals surface area contributed by atoms with Gasteiger partial charge in [0.15, 0.2) is 0 Å². The molecule has 0 aliphatic heterocycles. The van der Waals surface area contributed by atoms with Crippen molar-refractivity contribution in [3.05, 3.63) is 0 Å². The Morgan fingerprint density at radius 2 is 1.80 bits per heavy atom. The summed E-state index contributed by atoms with van der Waals surface area (Å²) >= 11 is 0.